The molecule has 0 spiro atoms. The summed E-state index contributed by atoms with van der Waals surface area (Å²) in [6.45, 7) is 3.84. The standard InChI is InChI=1S/C27H32N2O2/c1-28-17-18-29(19-23-25(30-2)15-10-16-26(23)31-3)20-24(28)27(21-11-6-4-7-12-21)22-13-8-5-9-14-22/h4-16,24,27H,17-20H2,1-3H3. The van der Waals surface area contributed by atoms with Crippen LogP contribution in [0, 0.1) is 0 Å². The van der Waals surface area contributed by atoms with E-state index in [0.717, 1.165) is 43.2 Å². The molecule has 0 amide bonds. The fourth-order valence-corrected chi connectivity index (χ4v) is 4.73. The molecule has 4 rings (SSSR count). The third kappa shape index (κ3) is 4.76. The van der Waals surface area contributed by atoms with Crippen molar-refractivity contribution < 1.29 is 9.47 Å². The number of hydrogen-bond acceptors (Lipinski definition) is 4. The van der Waals surface area contributed by atoms with Crippen LogP contribution in [0.2, 0.25) is 0 Å². The maximum Gasteiger partial charge on any atom is 0.127 e. The van der Waals surface area contributed by atoms with E-state index < -0.39 is 0 Å². The minimum Gasteiger partial charge on any atom is -0.496 e. The second-order valence-electron chi connectivity index (χ2n) is 8.22. The van der Waals surface area contributed by atoms with Crippen LogP contribution < -0.4 is 9.47 Å². The second kappa shape index (κ2) is 9.99. The minimum absolute atomic E-state index is 0.315. The summed E-state index contributed by atoms with van der Waals surface area (Å²) in [7, 11) is 5.71. The lowest BCUT2D eigenvalue weighted by Gasteiger charge is -2.43. The van der Waals surface area contributed by atoms with Crippen LogP contribution in [0.5, 0.6) is 11.5 Å². The number of nitrogens with zero attached hydrogens (tertiary/aromatic N) is 2. The molecule has 4 nitrogen and oxygen atoms in total. The quantitative estimate of drug-likeness (QED) is 0.560. The molecule has 1 fully saturated rings. The van der Waals surface area contributed by atoms with E-state index in [1.54, 1.807) is 14.2 Å². The molecule has 1 unspecified atom stereocenters. The smallest absolute Gasteiger partial charge is 0.127 e. The summed E-state index contributed by atoms with van der Waals surface area (Å²) < 4.78 is 11.3. The number of rotatable bonds is 7. The Bertz CT molecular complexity index is 900. The highest BCUT2D eigenvalue weighted by Gasteiger charge is 2.33. The van der Waals surface area contributed by atoms with Gasteiger partial charge in [-0.2, -0.15) is 0 Å². The van der Waals surface area contributed by atoms with Gasteiger partial charge in [0.2, 0.25) is 0 Å². The van der Waals surface area contributed by atoms with Gasteiger partial charge >= 0.3 is 0 Å². The monoisotopic (exact) mass is 416 g/mol. The second-order valence-corrected chi connectivity index (χ2v) is 8.22. The van der Waals surface area contributed by atoms with Gasteiger partial charge in [-0.05, 0) is 30.3 Å². The topological polar surface area (TPSA) is 24.9 Å². The molecule has 1 aliphatic rings. The average molecular weight is 417 g/mol. The van der Waals surface area contributed by atoms with Crippen LogP contribution >= 0.6 is 0 Å². The average Bonchev–Trinajstić information content (AvgIpc) is 2.82. The van der Waals surface area contributed by atoms with Crippen LogP contribution in [0.3, 0.4) is 0 Å². The van der Waals surface area contributed by atoms with Crippen molar-refractivity contribution in [1.82, 2.24) is 9.80 Å². The Morgan fingerprint density at radius 3 is 1.84 bits per heavy atom. The van der Waals surface area contributed by atoms with Crippen LogP contribution in [-0.4, -0.2) is 56.7 Å². The van der Waals surface area contributed by atoms with E-state index in [1.807, 2.05) is 18.2 Å². The molecule has 162 valence electrons. The number of methoxy groups -OCH3 is 2. The van der Waals surface area contributed by atoms with E-state index in [9.17, 15) is 0 Å². The van der Waals surface area contributed by atoms with Crippen LogP contribution in [0.25, 0.3) is 0 Å². The SMILES string of the molecule is COc1cccc(OC)c1CN1CCN(C)C(C(c2ccccc2)c2ccccc2)C1. The Hall–Kier alpha value is -2.82. The van der Waals surface area contributed by atoms with E-state index in [-0.39, 0.29) is 0 Å². The highest BCUT2D eigenvalue weighted by Crippen LogP contribution is 2.34. The molecule has 31 heavy (non-hydrogen) atoms. The fourth-order valence-electron chi connectivity index (χ4n) is 4.73. The van der Waals surface area contributed by atoms with Crippen LogP contribution in [0.4, 0.5) is 0 Å². The molecule has 4 heteroatoms. The van der Waals surface area contributed by atoms with Gasteiger partial charge < -0.3 is 9.47 Å². The molecular formula is C27H32N2O2. The number of benzene rings is 3. The van der Waals surface area contributed by atoms with Gasteiger partial charge in [-0.15, -0.1) is 0 Å². The first-order chi connectivity index (χ1) is 15.2. The van der Waals surface area contributed by atoms with Gasteiger partial charge in [-0.1, -0.05) is 66.7 Å². The van der Waals surface area contributed by atoms with E-state index in [1.165, 1.54) is 11.1 Å². The molecule has 1 heterocycles. The van der Waals surface area contributed by atoms with Gasteiger partial charge in [0.15, 0.2) is 0 Å². The van der Waals surface area contributed by atoms with Crippen molar-refractivity contribution in [3.8, 4) is 11.5 Å². The van der Waals surface area contributed by atoms with Crippen molar-refractivity contribution in [1.29, 1.82) is 0 Å². The Balaban J connectivity index is 1.64. The van der Waals surface area contributed by atoms with E-state index in [0.29, 0.717) is 12.0 Å². The summed E-state index contributed by atoms with van der Waals surface area (Å²) in [6, 6.07) is 28.2. The van der Waals surface area contributed by atoms with E-state index in [4.69, 9.17) is 9.47 Å². The molecule has 0 aliphatic carbocycles. The molecule has 0 bridgehead atoms. The highest BCUT2D eigenvalue weighted by atomic mass is 16.5. The first-order valence-electron chi connectivity index (χ1n) is 10.9. The molecule has 3 aromatic rings. The van der Waals surface area contributed by atoms with E-state index >= 15 is 0 Å². The molecule has 0 saturated carbocycles. The molecule has 1 aliphatic heterocycles. The summed E-state index contributed by atoms with van der Waals surface area (Å²) in [5.74, 6) is 2.09. The highest BCUT2D eigenvalue weighted by molar-refractivity contribution is 5.45. The summed E-state index contributed by atoms with van der Waals surface area (Å²) in [6.07, 6.45) is 0. The van der Waals surface area contributed by atoms with Gasteiger partial charge in [0.1, 0.15) is 11.5 Å². The molecule has 3 aromatic carbocycles. The van der Waals surface area contributed by atoms with E-state index in [2.05, 4.69) is 77.5 Å². The van der Waals surface area contributed by atoms with Crippen LogP contribution in [-0.2, 0) is 6.54 Å². The predicted octanol–water partition coefficient (Wildman–Crippen LogP) is 4.65. The zero-order chi connectivity index (χ0) is 21.6. The summed E-state index contributed by atoms with van der Waals surface area (Å²) >= 11 is 0. The molecule has 1 atom stereocenters. The predicted molar refractivity (Wildman–Crippen MR) is 126 cm³/mol. The van der Waals surface area contributed by atoms with Crippen molar-refractivity contribution >= 4 is 0 Å². The van der Waals surface area contributed by atoms with Gasteiger partial charge in [-0.3, -0.25) is 9.80 Å². The van der Waals surface area contributed by atoms with Crippen LogP contribution in [0.15, 0.2) is 78.9 Å². The minimum atomic E-state index is 0.315. The molecular weight excluding hydrogens is 384 g/mol. The van der Waals surface area contributed by atoms with Crippen LogP contribution in [0.1, 0.15) is 22.6 Å². The zero-order valence-electron chi connectivity index (χ0n) is 18.7. The van der Waals surface area contributed by atoms with Crippen molar-refractivity contribution in [2.75, 3.05) is 40.9 Å². The first kappa shape index (κ1) is 21.4. The lowest BCUT2D eigenvalue weighted by atomic mass is 9.83. The number of likely N-dealkylation sites (N-methyl/N-ethyl adjacent to an activating group) is 1. The van der Waals surface area contributed by atoms with Crippen molar-refractivity contribution in [2.45, 2.75) is 18.5 Å². The molecule has 0 aromatic heterocycles. The summed E-state index contributed by atoms with van der Waals surface area (Å²) in [4.78, 5) is 5.05. The summed E-state index contributed by atoms with van der Waals surface area (Å²) in [5, 5.41) is 0. The number of piperazine rings is 1. The Morgan fingerprint density at radius 1 is 0.774 bits per heavy atom. The van der Waals surface area contributed by atoms with Gasteiger partial charge in [0, 0.05) is 38.1 Å². The Kier molecular flexibility index (Phi) is 6.90. The van der Waals surface area contributed by atoms with Gasteiger partial charge in [-0.25, -0.2) is 0 Å². The normalized spacial score (nSPS) is 17.6. The third-order valence-electron chi connectivity index (χ3n) is 6.39. The summed E-state index contributed by atoms with van der Waals surface area (Å²) in [5.41, 5.74) is 3.84. The molecule has 0 N–H and O–H groups in total. The number of ether oxygens (including phenoxy) is 2. The zero-order valence-corrected chi connectivity index (χ0v) is 18.7. The lowest BCUT2D eigenvalue weighted by molar-refractivity contribution is 0.0805. The number of hydrogen-bond donors (Lipinski definition) is 0. The Morgan fingerprint density at radius 2 is 1.32 bits per heavy atom. The fraction of sp³-hybridized carbons (Fsp3) is 0.333. The first-order valence-corrected chi connectivity index (χ1v) is 10.9. The third-order valence-corrected chi connectivity index (χ3v) is 6.39. The van der Waals surface area contributed by atoms with Gasteiger partial charge in [0.05, 0.1) is 19.8 Å². The maximum absolute atomic E-state index is 5.65. The van der Waals surface area contributed by atoms with Gasteiger partial charge in [0.25, 0.3) is 0 Å². The maximum atomic E-state index is 5.65. The molecule has 1 saturated heterocycles. The lowest BCUT2D eigenvalue weighted by Crippen LogP contribution is -2.53. The largest absolute Gasteiger partial charge is 0.496 e. The van der Waals surface area contributed by atoms with Crippen molar-refractivity contribution in [3.05, 3.63) is 95.6 Å². The Labute approximate surface area is 186 Å². The van der Waals surface area contributed by atoms with Crippen molar-refractivity contribution in [2.24, 2.45) is 0 Å². The molecule has 0 radical (unpaired) electrons. The van der Waals surface area contributed by atoms with Crippen molar-refractivity contribution in [3.63, 3.8) is 0 Å².